The Balaban J connectivity index is 3.52. The predicted molar refractivity (Wildman–Crippen MR) is 52.6 cm³/mol. The topological polar surface area (TPSA) is 0 Å². The first kappa shape index (κ1) is 10.5. The second kappa shape index (κ2) is 6.21. The summed E-state index contributed by atoms with van der Waals surface area (Å²) in [5, 5.41) is 0. The Hall–Kier alpha value is -0.520. The molecule has 0 aliphatic heterocycles. The molecule has 0 radical (unpaired) electrons. The normalized spacial score (nSPS) is 15.4. The first-order chi connectivity index (χ1) is 5.16. The highest BCUT2D eigenvalue weighted by Crippen LogP contribution is 2.05. The zero-order chi connectivity index (χ0) is 8.69. The van der Waals surface area contributed by atoms with E-state index in [-0.39, 0.29) is 0 Å². The summed E-state index contributed by atoms with van der Waals surface area (Å²) in [5.41, 5.74) is 0. The minimum atomic E-state index is 0.688. The molecule has 0 saturated carbocycles. The quantitative estimate of drug-likeness (QED) is 0.537. The smallest absolute Gasteiger partial charge is 0.0227 e. The molecule has 0 aliphatic carbocycles. The summed E-state index contributed by atoms with van der Waals surface area (Å²) in [5.74, 6) is 1.38. The monoisotopic (exact) mass is 152 g/mol. The van der Waals surface area contributed by atoms with Crippen LogP contribution in [-0.4, -0.2) is 0 Å². The van der Waals surface area contributed by atoms with E-state index in [1.807, 2.05) is 0 Å². The lowest BCUT2D eigenvalue weighted by atomic mass is 10.1. The second-order valence-corrected chi connectivity index (χ2v) is 3.41. The Morgan fingerprint density at radius 3 is 2.18 bits per heavy atom. The predicted octanol–water partition coefficient (Wildman–Crippen LogP) is 3.80. The van der Waals surface area contributed by atoms with Crippen LogP contribution >= 0.6 is 0 Å². The number of hydrogen-bond donors (Lipinski definition) is 0. The zero-order valence-corrected chi connectivity index (χ0v) is 8.17. The fourth-order valence-electron chi connectivity index (χ4n) is 0.972. The van der Waals surface area contributed by atoms with Gasteiger partial charge in [0.25, 0.3) is 0 Å². The highest BCUT2D eigenvalue weighted by atomic mass is 14.0. The molecule has 0 heteroatoms. The molecule has 11 heavy (non-hydrogen) atoms. The first-order valence-electron chi connectivity index (χ1n) is 4.46. The molecule has 0 bridgehead atoms. The van der Waals surface area contributed by atoms with Gasteiger partial charge < -0.3 is 0 Å². The van der Waals surface area contributed by atoms with Crippen LogP contribution in [0.2, 0.25) is 0 Å². The van der Waals surface area contributed by atoms with Crippen molar-refractivity contribution in [2.24, 2.45) is 11.8 Å². The summed E-state index contributed by atoms with van der Waals surface area (Å²) in [4.78, 5) is 0. The molecule has 0 rings (SSSR count). The van der Waals surface area contributed by atoms with E-state index in [2.05, 4.69) is 52.0 Å². The Morgan fingerprint density at radius 1 is 1.09 bits per heavy atom. The molecule has 0 N–H and O–H groups in total. The van der Waals surface area contributed by atoms with Crippen LogP contribution < -0.4 is 0 Å². The van der Waals surface area contributed by atoms with Crippen molar-refractivity contribution < 1.29 is 0 Å². The van der Waals surface area contributed by atoms with Crippen LogP contribution in [0.15, 0.2) is 24.3 Å². The third kappa shape index (κ3) is 7.38. The molecule has 0 heterocycles. The summed E-state index contributed by atoms with van der Waals surface area (Å²) >= 11 is 0. The van der Waals surface area contributed by atoms with Crippen molar-refractivity contribution in [2.75, 3.05) is 0 Å². The maximum absolute atomic E-state index is 2.27. The van der Waals surface area contributed by atoms with Gasteiger partial charge >= 0.3 is 0 Å². The summed E-state index contributed by atoms with van der Waals surface area (Å²) in [6.07, 6.45) is 10.1. The molecule has 0 spiro atoms. The molecule has 1 atom stereocenters. The first-order valence-corrected chi connectivity index (χ1v) is 4.46. The highest BCUT2D eigenvalue weighted by molar-refractivity contribution is 4.91. The lowest BCUT2D eigenvalue weighted by molar-refractivity contribution is 0.732. The standard InChI is InChI=1S/C11H20/c1-5-7-11(4)9-6-8-10(2)3/h5-8,10-11H,9H2,1-4H3/b7-5+,8-6+. The van der Waals surface area contributed by atoms with Crippen molar-refractivity contribution in [3.05, 3.63) is 24.3 Å². The molecular formula is C11H20. The van der Waals surface area contributed by atoms with Gasteiger partial charge in [-0.3, -0.25) is 0 Å². The summed E-state index contributed by atoms with van der Waals surface area (Å²) in [7, 11) is 0. The summed E-state index contributed by atoms with van der Waals surface area (Å²) in [6.45, 7) is 8.72. The van der Waals surface area contributed by atoms with E-state index >= 15 is 0 Å². The van der Waals surface area contributed by atoms with E-state index in [1.165, 1.54) is 6.42 Å². The maximum atomic E-state index is 2.27. The van der Waals surface area contributed by atoms with E-state index in [0.717, 1.165) is 0 Å². The lowest BCUT2D eigenvalue weighted by Gasteiger charge is -2.00. The van der Waals surface area contributed by atoms with Gasteiger partial charge in [0.2, 0.25) is 0 Å². The average Bonchev–Trinajstić information content (AvgIpc) is 1.87. The lowest BCUT2D eigenvalue weighted by Crippen LogP contribution is -1.86. The minimum absolute atomic E-state index is 0.688. The molecule has 0 aromatic rings. The van der Waals surface area contributed by atoms with E-state index in [0.29, 0.717) is 11.8 Å². The third-order valence-corrected chi connectivity index (χ3v) is 1.55. The molecule has 0 aliphatic rings. The molecule has 0 aromatic heterocycles. The Bertz CT molecular complexity index is 129. The zero-order valence-electron chi connectivity index (χ0n) is 8.17. The van der Waals surface area contributed by atoms with Crippen LogP contribution in [0.3, 0.4) is 0 Å². The van der Waals surface area contributed by atoms with Crippen LogP contribution in [0.5, 0.6) is 0 Å². The fourth-order valence-corrected chi connectivity index (χ4v) is 0.972. The number of allylic oxidation sites excluding steroid dienone is 4. The largest absolute Gasteiger partial charge is 0.0914 e. The van der Waals surface area contributed by atoms with Gasteiger partial charge in [0.15, 0.2) is 0 Å². The van der Waals surface area contributed by atoms with Gasteiger partial charge in [0.1, 0.15) is 0 Å². The average molecular weight is 152 g/mol. The van der Waals surface area contributed by atoms with Crippen molar-refractivity contribution in [3.8, 4) is 0 Å². The van der Waals surface area contributed by atoms with Gasteiger partial charge in [-0.25, -0.2) is 0 Å². The van der Waals surface area contributed by atoms with Crippen molar-refractivity contribution in [3.63, 3.8) is 0 Å². The van der Waals surface area contributed by atoms with Crippen LogP contribution in [-0.2, 0) is 0 Å². The fraction of sp³-hybridized carbons (Fsp3) is 0.636. The summed E-state index contributed by atoms with van der Waals surface area (Å²) < 4.78 is 0. The Labute approximate surface area is 71.0 Å². The van der Waals surface area contributed by atoms with Crippen molar-refractivity contribution >= 4 is 0 Å². The molecule has 1 unspecified atom stereocenters. The highest BCUT2D eigenvalue weighted by Gasteiger charge is 1.91. The van der Waals surface area contributed by atoms with E-state index < -0.39 is 0 Å². The van der Waals surface area contributed by atoms with Gasteiger partial charge in [-0.15, -0.1) is 0 Å². The van der Waals surface area contributed by atoms with Gasteiger partial charge in [0.05, 0.1) is 0 Å². The summed E-state index contributed by atoms with van der Waals surface area (Å²) in [6, 6.07) is 0. The SMILES string of the molecule is C/C=C/C(C)C/C=C/C(C)C. The van der Waals surface area contributed by atoms with Crippen LogP contribution in [0.1, 0.15) is 34.1 Å². The maximum Gasteiger partial charge on any atom is -0.0227 e. The third-order valence-electron chi connectivity index (χ3n) is 1.55. The van der Waals surface area contributed by atoms with Crippen LogP contribution in [0, 0.1) is 11.8 Å². The molecule has 0 amide bonds. The van der Waals surface area contributed by atoms with E-state index in [1.54, 1.807) is 0 Å². The molecule has 0 nitrogen and oxygen atoms in total. The van der Waals surface area contributed by atoms with Gasteiger partial charge in [-0.1, -0.05) is 45.1 Å². The minimum Gasteiger partial charge on any atom is -0.0914 e. The Morgan fingerprint density at radius 2 is 1.73 bits per heavy atom. The van der Waals surface area contributed by atoms with Gasteiger partial charge in [0, 0.05) is 0 Å². The van der Waals surface area contributed by atoms with Gasteiger partial charge in [-0.05, 0) is 25.2 Å². The van der Waals surface area contributed by atoms with E-state index in [4.69, 9.17) is 0 Å². The van der Waals surface area contributed by atoms with Crippen LogP contribution in [0.4, 0.5) is 0 Å². The number of rotatable bonds is 4. The molecule has 0 fully saturated rings. The number of hydrogen-bond acceptors (Lipinski definition) is 0. The Kier molecular flexibility index (Phi) is 5.91. The molecule has 64 valence electrons. The van der Waals surface area contributed by atoms with Crippen molar-refractivity contribution in [1.29, 1.82) is 0 Å². The molecular weight excluding hydrogens is 132 g/mol. The van der Waals surface area contributed by atoms with Crippen molar-refractivity contribution in [1.82, 2.24) is 0 Å². The second-order valence-electron chi connectivity index (χ2n) is 3.41. The van der Waals surface area contributed by atoms with Crippen molar-refractivity contribution in [2.45, 2.75) is 34.1 Å². The molecule has 0 saturated heterocycles. The van der Waals surface area contributed by atoms with Gasteiger partial charge in [-0.2, -0.15) is 0 Å². The van der Waals surface area contributed by atoms with Crippen LogP contribution in [0.25, 0.3) is 0 Å². The molecule has 0 aromatic carbocycles. The van der Waals surface area contributed by atoms with E-state index in [9.17, 15) is 0 Å².